The van der Waals surface area contributed by atoms with Crippen molar-refractivity contribution in [2.75, 3.05) is 16.5 Å². The van der Waals surface area contributed by atoms with Gasteiger partial charge < -0.3 is 15.0 Å². The van der Waals surface area contributed by atoms with Crippen molar-refractivity contribution in [3.05, 3.63) is 88.3 Å². The Morgan fingerprint density at radius 1 is 1.00 bits per heavy atom. The fourth-order valence-corrected chi connectivity index (χ4v) is 4.32. The highest BCUT2D eigenvalue weighted by Crippen LogP contribution is 2.40. The number of benzene rings is 2. The number of carbonyl (C=O) groups excluding carboxylic acids is 2. The molecule has 170 valence electrons. The summed E-state index contributed by atoms with van der Waals surface area (Å²) >= 11 is 12.9. The first kappa shape index (κ1) is 21.9. The van der Waals surface area contributed by atoms with Crippen molar-refractivity contribution < 1.29 is 14.3 Å². The number of hydrogen-bond donors (Lipinski definition) is 1. The minimum atomic E-state index is -0.478. The second-order valence-corrected chi connectivity index (χ2v) is 8.40. The van der Waals surface area contributed by atoms with Crippen molar-refractivity contribution in [2.24, 2.45) is 5.10 Å². The third kappa shape index (κ3) is 4.09. The maximum Gasteiger partial charge on any atom is 0.347 e. The van der Waals surface area contributed by atoms with Gasteiger partial charge in [0.05, 0.1) is 27.6 Å². The number of allylic oxidation sites excluding steroid dienone is 1. The number of nitrogens with zero attached hydrogens (tertiary/aromatic N) is 4. The van der Waals surface area contributed by atoms with Gasteiger partial charge in [-0.15, -0.1) is 0 Å². The molecule has 0 saturated carbocycles. The molecule has 1 aromatic heterocycles. The predicted octanol–water partition coefficient (Wildman–Crippen LogP) is 5.41. The molecule has 0 spiro atoms. The third-order valence-corrected chi connectivity index (χ3v) is 5.93. The van der Waals surface area contributed by atoms with E-state index >= 15 is 0 Å². The molecule has 3 heterocycles. The summed E-state index contributed by atoms with van der Waals surface area (Å²) in [6.45, 7) is 4.18. The SMILES string of the molecule is C=C1C=NN(c2cc(Cl)c(Oc3ccc4c(c3)CCN(c3ccncc3)C4=O)c(Cl)c2)C(=O)N1. The molecular formula is C24H17Cl2N5O3. The summed E-state index contributed by atoms with van der Waals surface area (Å²) in [6, 6.07) is 11.4. The normalized spacial score (nSPS) is 15.3. The zero-order valence-corrected chi connectivity index (χ0v) is 19.2. The van der Waals surface area contributed by atoms with E-state index < -0.39 is 6.03 Å². The van der Waals surface area contributed by atoms with Crippen LogP contribution in [0.5, 0.6) is 11.5 Å². The minimum absolute atomic E-state index is 0.0811. The number of nitrogens with one attached hydrogen (secondary N) is 1. The van der Waals surface area contributed by atoms with E-state index in [9.17, 15) is 9.59 Å². The molecule has 34 heavy (non-hydrogen) atoms. The van der Waals surface area contributed by atoms with E-state index in [0.717, 1.165) is 16.3 Å². The molecule has 0 radical (unpaired) electrons. The maximum absolute atomic E-state index is 13.0. The van der Waals surface area contributed by atoms with E-state index in [-0.39, 0.29) is 21.7 Å². The van der Waals surface area contributed by atoms with E-state index in [0.29, 0.717) is 35.7 Å². The van der Waals surface area contributed by atoms with Crippen molar-refractivity contribution in [3.63, 3.8) is 0 Å². The van der Waals surface area contributed by atoms with Gasteiger partial charge in [-0.3, -0.25) is 9.78 Å². The Hall–Kier alpha value is -3.88. The predicted molar refractivity (Wildman–Crippen MR) is 131 cm³/mol. The van der Waals surface area contributed by atoms with Crippen LogP contribution in [-0.2, 0) is 6.42 Å². The number of hydrazone groups is 1. The van der Waals surface area contributed by atoms with E-state index in [4.69, 9.17) is 27.9 Å². The van der Waals surface area contributed by atoms with Crippen LogP contribution in [0.4, 0.5) is 16.2 Å². The van der Waals surface area contributed by atoms with Gasteiger partial charge in [0, 0.05) is 30.2 Å². The number of anilines is 2. The topological polar surface area (TPSA) is 87.1 Å². The van der Waals surface area contributed by atoms with Crippen LogP contribution < -0.4 is 20.0 Å². The number of ether oxygens (including phenoxy) is 1. The van der Waals surface area contributed by atoms with Gasteiger partial charge in [-0.05, 0) is 54.4 Å². The van der Waals surface area contributed by atoms with Gasteiger partial charge in [0.25, 0.3) is 5.91 Å². The van der Waals surface area contributed by atoms with Crippen LogP contribution in [-0.4, -0.2) is 29.7 Å². The number of carbonyl (C=O) groups is 2. The van der Waals surface area contributed by atoms with Gasteiger partial charge in [0.1, 0.15) is 5.75 Å². The molecule has 0 aliphatic carbocycles. The van der Waals surface area contributed by atoms with Crippen LogP contribution in [0.15, 0.2) is 72.2 Å². The van der Waals surface area contributed by atoms with Gasteiger partial charge in [-0.25, -0.2) is 4.79 Å². The lowest BCUT2D eigenvalue weighted by atomic mass is 9.98. The first-order chi connectivity index (χ1) is 16.4. The van der Waals surface area contributed by atoms with Gasteiger partial charge in [-0.1, -0.05) is 29.8 Å². The van der Waals surface area contributed by atoms with Crippen LogP contribution in [0.2, 0.25) is 10.0 Å². The lowest BCUT2D eigenvalue weighted by Crippen LogP contribution is -2.40. The second-order valence-electron chi connectivity index (χ2n) is 7.58. The van der Waals surface area contributed by atoms with E-state index in [2.05, 4.69) is 22.0 Å². The lowest BCUT2D eigenvalue weighted by Gasteiger charge is -2.28. The van der Waals surface area contributed by atoms with Crippen LogP contribution in [0.3, 0.4) is 0 Å². The van der Waals surface area contributed by atoms with Gasteiger partial charge in [0.15, 0.2) is 5.75 Å². The molecule has 5 rings (SSSR count). The molecule has 0 atom stereocenters. The highest BCUT2D eigenvalue weighted by atomic mass is 35.5. The molecule has 0 saturated heterocycles. The standard InChI is InChI=1S/C24H17Cl2N5O3/c1-14-13-28-31(24(33)29-14)17-11-20(25)22(21(26)12-17)34-18-2-3-19-15(10-18)6-9-30(23(19)32)16-4-7-27-8-5-16/h2-5,7-8,10-13H,1,6,9H2,(H,29,33). The maximum atomic E-state index is 13.0. The zero-order valence-electron chi connectivity index (χ0n) is 17.7. The lowest BCUT2D eigenvalue weighted by molar-refractivity contribution is 0.0980. The Morgan fingerprint density at radius 2 is 1.74 bits per heavy atom. The Kier molecular flexibility index (Phi) is 5.69. The Morgan fingerprint density at radius 3 is 2.44 bits per heavy atom. The molecule has 2 aromatic carbocycles. The summed E-state index contributed by atoms with van der Waals surface area (Å²) in [5, 5.41) is 8.12. The molecule has 10 heteroatoms. The number of pyridine rings is 1. The Balaban J connectivity index is 1.39. The van der Waals surface area contributed by atoms with Crippen LogP contribution in [0, 0.1) is 0 Å². The third-order valence-electron chi connectivity index (χ3n) is 5.37. The molecule has 3 amide bonds. The Bertz CT molecular complexity index is 1340. The summed E-state index contributed by atoms with van der Waals surface area (Å²) < 4.78 is 5.97. The smallest absolute Gasteiger partial charge is 0.347 e. The number of aromatic nitrogens is 1. The molecule has 3 aromatic rings. The van der Waals surface area contributed by atoms with Gasteiger partial charge >= 0.3 is 6.03 Å². The highest BCUT2D eigenvalue weighted by molar-refractivity contribution is 6.37. The molecule has 0 fully saturated rings. The molecule has 0 bridgehead atoms. The summed E-state index contributed by atoms with van der Waals surface area (Å²) in [6.07, 6.45) is 5.40. The summed E-state index contributed by atoms with van der Waals surface area (Å²) in [4.78, 5) is 30.9. The molecule has 2 aliphatic heterocycles. The first-order valence-electron chi connectivity index (χ1n) is 10.3. The monoisotopic (exact) mass is 493 g/mol. The zero-order chi connectivity index (χ0) is 23.8. The largest absolute Gasteiger partial charge is 0.454 e. The molecule has 2 aliphatic rings. The van der Waals surface area contributed by atoms with Crippen molar-refractivity contribution >= 4 is 52.7 Å². The number of halogens is 2. The van der Waals surface area contributed by atoms with Crippen LogP contribution in [0.1, 0.15) is 15.9 Å². The number of rotatable bonds is 4. The second kappa shape index (κ2) is 8.81. The number of amides is 3. The molecule has 1 N–H and O–H groups in total. The van der Waals surface area contributed by atoms with E-state index in [1.165, 1.54) is 18.3 Å². The number of hydrogen-bond acceptors (Lipinski definition) is 5. The average Bonchev–Trinajstić information content (AvgIpc) is 2.82. The summed E-state index contributed by atoms with van der Waals surface area (Å²) in [7, 11) is 0. The number of fused-ring (bicyclic) bond motifs is 1. The highest BCUT2D eigenvalue weighted by Gasteiger charge is 2.26. The van der Waals surface area contributed by atoms with Gasteiger partial charge in [0.2, 0.25) is 0 Å². The van der Waals surface area contributed by atoms with E-state index in [1.54, 1.807) is 29.4 Å². The summed E-state index contributed by atoms with van der Waals surface area (Å²) in [5.74, 6) is 0.645. The fourth-order valence-electron chi connectivity index (χ4n) is 3.77. The quantitative estimate of drug-likeness (QED) is 0.525. The van der Waals surface area contributed by atoms with Crippen LogP contribution >= 0.6 is 23.2 Å². The van der Waals surface area contributed by atoms with E-state index in [1.807, 2.05) is 18.2 Å². The average molecular weight is 494 g/mol. The van der Waals surface area contributed by atoms with Crippen molar-refractivity contribution in [3.8, 4) is 11.5 Å². The van der Waals surface area contributed by atoms with Crippen molar-refractivity contribution in [2.45, 2.75) is 6.42 Å². The number of urea groups is 1. The fraction of sp³-hybridized carbons (Fsp3) is 0.0833. The van der Waals surface area contributed by atoms with Gasteiger partial charge in [-0.2, -0.15) is 10.1 Å². The van der Waals surface area contributed by atoms with Crippen LogP contribution in [0.25, 0.3) is 0 Å². The molecule has 0 unspecified atom stereocenters. The minimum Gasteiger partial charge on any atom is -0.454 e. The van der Waals surface area contributed by atoms with Crippen molar-refractivity contribution in [1.29, 1.82) is 0 Å². The molecule has 8 nitrogen and oxygen atoms in total. The first-order valence-corrected chi connectivity index (χ1v) is 11.0. The Labute approximate surface area is 205 Å². The van der Waals surface area contributed by atoms with Crippen molar-refractivity contribution in [1.82, 2.24) is 10.3 Å². The summed E-state index contributed by atoms with van der Waals surface area (Å²) in [5.41, 5.74) is 3.04. The molecular weight excluding hydrogens is 477 g/mol.